The summed E-state index contributed by atoms with van der Waals surface area (Å²) in [4.78, 5) is 2.31. The van der Waals surface area contributed by atoms with Gasteiger partial charge in [0.25, 0.3) is 0 Å². The topological polar surface area (TPSA) is 41.9 Å². The lowest BCUT2D eigenvalue weighted by Gasteiger charge is -2.33. The Hall–Kier alpha value is -2.53. The van der Waals surface area contributed by atoms with Crippen LogP contribution in [0.3, 0.4) is 0 Å². The largest absolute Gasteiger partial charge is 0.486 e. The first-order valence-electron chi connectivity index (χ1n) is 10.1. The van der Waals surface area contributed by atoms with E-state index >= 15 is 0 Å². The summed E-state index contributed by atoms with van der Waals surface area (Å²) in [5, 5.41) is 11.2. The zero-order valence-corrected chi connectivity index (χ0v) is 17.9. The molecule has 2 atom stereocenters. The lowest BCUT2D eigenvalue weighted by Crippen LogP contribution is -2.36. The van der Waals surface area contributed by atoms with Crippen molar-refractivity contribution in [3.05, 3.63) is 95.6 Å². The third kappa shape index (κ3) is 5.33. The van der Waals surface area contributed by atoms with E-state index in [0.717, 1.165) is 24.4 Å². The van der Waals surface area contributed by atoms with Crippen molar-refractivity contribution in [1.29, 1.82) is 0 Å². The zero-order chi connectivity index (χ0) is 20.1. The van der Waals surface area contributed by atoms with Crippen molar-refractivity contribution in [2.75, 3.05) is 13.2 Å². The van der Waals surface area contributed by atoms with Crippen LogP contribution in [-0.4, -0.2) is 29.3 Å². The van der Waals surface area contributed by atoms with E-state index in [2.05, 4.69) is 60.4 Å². The van der Waals surface area contributed by atoms with Crippen LogP contribution in [0.15, 0.2) is 78.9 Å². The van der Waals surface area contributed by atoms with Gasteiger partial charge in [0.1, 0.15) is 13.2 Å². The number of aliphatic hydroxyl groups is 1. The maximum atomic E-state index is 11.2. The van der Waals surface area contributed by atoms with Crippen LogP contribution in [0.1, 0.15) is 29.7 Å². The summed E-state index contributed by atoms with van der Waals surface area (Å²) in [7, 11) is 0. The maximum absolute atomic E-state index is 11.2. The van der Waals surface area contributed by atoms with Crippen molar-refractivity contribution in [1.82, 2.24) is 4.90 Å². The highest BCUT2D eigenvalue weighted by molar-refractivity contribution is 5.85. The van der Waals surface area contributed by atoms with Crippen molar-refractivity contribution in [2.45, 2.75) is 32.2 Å². The third-order valence-corrected chi connectivity index (χ3v) is 5.40. The fourth-order valence-electron chi connectivity index (χ4n) is 3.70. The number of nitrogens with zero attached hydrogens (tertiary/aromatic N) is 1. The Bertz CT molecular complexity index is 879. The number of aliphatic hydroxyl groups excluding tert-OH is 1. The average Bonchev–Trinajstić information content (AvgIpc) is 2.79. The van der Waals surface area contributed by atoms with Crippen molar-refractivity contribution in [3.8, 4) is 11.5 Å². The molecule has 3 aromatic carbocycles. The van der Waals surface area contributed by atoms with E-state index in [0.29, 0.717) is 19.0 Å². The molecular weight excluding hydrogens is 398 g/mol. The van der Waals surface area contributed by atoms with Crippen LogP contribution in [0, 0.1) is 0 Å². The molecule has 0 bridgehead atoms. The number of hydrogen-bond acceptors (Lipinski definition) is 4. The Morgan fingerprint density at radius 1 is 0.800 bits per heavy atom. The van der Waals surface area contributed by atoms with Crippen LogP contribution in [0.2, 0.25) is 0 Å². The number of ether oxygens (including phenoxy) is 2. The van der Waals surface area contributed by atoms with Gasteiger partial charge in [0.2, 0.25) is 0 Å². The van der Waals surface area contributed by atoms with Crippen molar-refractivity contribution >= 4 is 12.4 Å². The monoisotopic (exact) mass is 425 g/mol. The molecule has 4 rings (SSSR count). The molecule has 4 nitrogen and oxygen atoms in total. The van der Waals surface area contributed by atoms with Crippen molar-refractivity contribution in [2.24, 2.45) is 0 Å². The molecule has 0 amide bonds. The van der Waals surface area contributed by atoms with Gasteiger partial charge in [0, 0.05) is 19.1 Å². The summed E-state index contributed by atoms with van der Waals surface area (Å²) in [5.41, 5.74) is 3.29. The number of benzene rings is 3. The number of fused-ring (bicyclic) bond motifs is 1. The first kappa shape index (κ1) is 22.2. The molecule has 0 aromatic heterocycles. The Labute approximate surface area is 184 Å². The molecular formula is C25H28ClNO3. The second kappa shape index (κ2) is 10.5. The molecule has 3 aromatic rings. The Balaban J connectivity index is 0.00000256. The standard InChI is InChI=1S/C25H27NO3.ClH/c1-19(25(27)22-12-13-23-24(16-22)29-15-14-28-23)26(17-20-8-4-2-5-9-20)18-21-10-6-3-7-11-21;/h2-13,16,19,25,27H,14-15,17-18H2,1H3;1H. The molecule has 0 fully saturated rings. The average molecular weight is 426 g/mol. The molecule has 1 heterocycles. The first-order chi connectivity index (χ1) is 14.2. The lowest BCUT2D eigenvalue weighted by atomic mass is 10.00. The Morgan fingerprint density at radius 3 is 1.90 bits per heavy atom. The molecule has 0 saturated carbocycles. The van der Waals surface area contributed by atoms with Crippen LogP contribution in [0.4, 0.5) is 0 Å². The normalized spacial score (nSPS) is 14.6. The summed E-state index contributed by atoms with van der Waals surface area (Å²) >= 11 is 0. The van der Waals surface area contributed by atoms with Gasteiger partial charge >= 0.3 is 0 Å². The van der Waals surface area contributed by atoms with Gasteiger partial charge in [-0.15, -0.1) is 12.4 Å². The lowest BCUT2D eigenvalue weighted by molar-refractivity contribution is 0.0480. The molecule has 30 heavy (non-hydrogen) atoms. The second-order valence-corrected chi connectivity index (χ2v) is 7.46. The summed E-state index contributed by atoms with van der Waals surface area (Å²) in [6, 6.07) is 26.4. The smallest absolute Gasteiger partial charge is 0.161 e. The molecule has 5 heteroatoms. The predicted octanol–water partition coefficient (Wildman–Crippen LogP) is 5.00. The molecule has 0 radical (unpaired) electrons. The molecule has 158 valence electrons. The van der Waals surface area contributed by atoms with Crippen LogP contribution in [0.5, 0.6) is 11.5 Å². The summed E-state index contributed by atoms with van der Waals surface area (Å²) in [5.74, 6) is 1.45. The minimum Gasteiger partial charge on any atom is -0.486 e. The van der Waals surface area contributed by atoms with Crippen LogP contribution in [-0.2, 0) is 13.1 Å². The fraction of sp³-hybridized carbons (Fsp3) is 0.280. The first-order valence-corrected chi connectivity index (χ1v) is 10.1. The molecule has 0 aliphatic carbocycles. The Morgan fingerprint density at radius 2 is 1.33 bits per heavy atom. The number of halogens is 1. The van der Waals surface area contributed by atoms with Gasteiger partial charge < -0.3 is 14.6 Å². The second-order valence-electron chi connectivity index (χ2n) is 7.46. The van der Waals surface area contributed by atoms with Gasteiger partial charge in [-0.1, -0.05) is 66.7 Å². The highest BCUT2D eigenvalue weighted by Gasteiger charge is 2.25. The van der Waals surface area contributed by atoms with Gasteiger partial charge in [0.15, 0.2) is 11.5 Å². The quantitative estimate of drug-likeness (QED) is 0.578. The summed E-state index contributed by atoms with van der Waals surface area (Å²) in [6.45, 7) is 4.70. The number of rotatable bonds is 7. The Kier molecular flexibility index (Phi) is 7.75. The molecule has 1 aliphatic rings. The molecule has 0 spiro atoms. The van der Waals surface area contributed by atoms with Crippen LogP contribution >= 0.6 is 12.4 Å². The summed E-state index contributed by atoms with van der Waals surface area (Å²) in [6.07, 6.45) is -0.641. The fourth-order valence-corrected chi connectivity index (χ4v) is 3.70. The van der Waals surface area contributed by atoms with E-state index in [4.69, 9.17) is 9.47 Å². The van der Waals surface area contributed by atoms with Gasteiger partial charge in [-0.05, 0) is 35.7 Å². The van der Waals surface area contributed by atoms with Crippen LogP contribution < -0.4 is 9.47 Å². The number of hydrogen-bond donors (Lipinski definition) is 1. The molecule has 1 aliphatic heterocycles. The van der Waals surface area contributed by atoms with E-state index < -0.39 is 6.10 Å². The van der Waals surface area contributed by atoms with E-state index in [9.17, 15) is 5.11 Å². The van der Waals surface area contributed by atoms with E-state index in [1.807, 2.05) is 30.3 Å². The molecule has 0 saturated heterocycles. The van der Waals surface area contributed by atoms with Crippen molar-refractivity contribution < 1.29 is 14.6 Å². The predicted molar refractivity (Wildman–Crippen MR) is 121 cm³/mol. The molecule has 1 N–H and O–H groups in total. The van der Waals surface area contributed by atoms with Crippen molar-refractivity contribution in [3.63, 3.8) is 0 Å². The van der Waals surface area contributed by atoms with Gasteiger partial charge in [-0.3, -0.25) is 4.90 Å². The van der Waals surface area contributed by atoms with E-state index in [-0.39, 0.29) is 18.4 Å². The van der Waals surface area contributed by atoms with Gasteiger partial charge in [-0.25, -0.2) is 0 Å². The van der Waals surface area contributed by atoms with Crippen LogP contribution in [0.25, 0.3) is 0 Å². The highest BCUT2D eigenvalue weighted by Crippen LogP contribution is 2.34. The minimum absolute atomic E-state index is 0. The van der Waals surface area contributed by atoms with E-state index in [1.54, 1.807) is 0 Å². The zero-order valence-electron chi connectivity index (χ0n) is 17.1. The maximum Gasteiger partial charge on any atom is 0.161 e. The third-order valence-electron chi connectivity index (χ3n) is 5.40. The van der Waals surface area contributed by atoms with Gasteiger partial charge in [0.05, 0.1) is 6.10 Å². The van der Waals surface area contributed by atoms with Gasteiger partial charge in [-0.2, -0.15) is 0 Å². The SMILES string of the molecule is CC(C(O)c1ccc2c(c1)OCCO2)N(Cc1ccccc1)Cc1ccccc1.Cl. The molecule has 2 unspecified atom stereocenters. The minimum atomic E-state index is -0.641. The summed E-state index contributed by atoms with van der Waals surface area (Å²) < 4.78 is 11.3. The highest BCUT2D eigenvalue weighted by atomic mass is 35.5. The van der Waals surface area contributed by atoms with E-state index in [1.165, 1.54) is 11.1 Å².